The summed E-state index contributed by atoms with van der Waals surface area (Å²) in [4.78, 5) is 0. The first kappa shape index (κ1) is 10.1. The second-order valence-corrected chi connectivity index (χ2v) is 4.83. The third-order valence-electron chi connectivity index (χ3n) is 2.46. The monoisotopic (exact) mass is 228 g/mol. The van der Waals surface area contributed by atoms with Gasteiger partial charge >= 0.3 is 0 Å². The Morgan fingerprint density at radius 1 is 1.50 bits per heavy atom. The van der Waals surface area contributed by atoms with Crippen LogP contribution >= 0.6 is 23.1 Å². The fraction of sp³-hybridized carbons (Fsp3) is 0.600. The molecule has 1 aliphatic rings. The van der Waals surface area contributed by atoms with Gasteiger partial charge in [0.05, 0.1) is 11.1 Å². The molecule has 1 aliphatic carbocycles. The van der Waals surface area contributed by atoms with E-state index in [4.69, 9.17) is 11.6 Å². The maximum atomic E-state index is 6.15. The molecule has 0 aliphatic heterocycles. The molecule has 76 valence electrons. The number of aromatic nitrogens is 2. The number of allylic oxidation sites excluding steroid dienone is 2. The van der Waals surface area contributed by atoms with E-state index in [1.807, 2.05) is 5.38 Å². The van der Waals surface area contributed by atoms with E-state index >= 15 is 0 Å². The number of alkyl halides is 1. The van der Waals surface area contributed by atoms with Gasteiger partial charge in [-0.3, -0.25) is 0 Å². The van der Waals surface area contributed by atoms with Crippen molar-refractivity contribution in [1.82, 2.24) is 9.59 Å². The minimum Gasteiger partial charge on any atom is -0.143 e. The molecular formula is C10H13ClN2S. The quantitative estimate of drug-likeness (QED) is 0.574. The summed E-state index contributed by atoms with van der Waals surface area (Å²) in [7, 11) is 0. The maximum Gasteiger partial charge on any atom is 0.0795 e. The molecule has 0 spiro atoms. The Morgan fingerprint density at radius 2 is 2.43 bits per heavy atom. The zero-order valence-electron chi connectivity index (χ0n) is 7.95. The highest BCUT2D eigenvalue weighted by Gasteiger charge is 2.10. The lowest BCUT2D eigenvalue weighted by atomic mass is 10.1. The largest absolute Gasteiger partial charge is 0.143 e. The minimum absolute atomic E-state index is 0.221. The summed E-state index contributed by atoms with van der Waals surface area (Å²) >= 11 is 7.56. The first-order valence-electron chi connectivity index (χ1n) is 4.94. The van der Waals surface area contributed by atoms with Crippen LogP contribution in [0.25, 0.3) is 0 Å². The molecule has 4 heteroatoms. The zero-order chi connectivity index (χ0) is 9.80. The minimum atomic E-state index is 0.221. The van der Waals surface area contributed by atoms with Gasteiger partial charge in [-0.1, -0.05) is 22.6 Å². The van der Waals surface area contributed by atoms with E-state index in [1.54, 1.807) is 0 Å². The molecule has 1 unspecified atom stereocenters. The average molecular weight is 229 g/mol. The lowest BCUT2D eigenvalue weighted by Gasteiger charge is -2.02. The van der Waals surface area contributed by atoms with Gasteiger partial charge in [-0.15, -0.1) is 16.7 Å². The van der Waals surface area contributed by atoms with E-state index in [1.165, 1.54) is 36.4 Å². The standard InChI is InChI=1S/C10H13ClN2S/c11-9-4-2-1-3-8(5-9)6-10-7-14-13-12-10/h5,7,9H,1-4,6H2. The SMILES string of the molecule is ClC1C=C(Cc2csnn2)CCCC1. The molecule has 1 heterocycles. The zero-order valence-corrected chi connectivity index (χ0v) is 9.52. The van der Waals surface area contributed by atoms with Gasteiger partial charge in [0, 0.05) is 11.8 Å². The summed E-state index contributed by atoms with van der Waals surface area (Å²) in [6.45, 7) is 0. The molecule has 1 aromatic rings. The summed E-state index contributed by atoms with van der Waals surface area (Å²) in [6.07, 6.45) is 7.91. The Hall–Kier alpha value is -0.410. The highest BCUT2D eigenvalue weighted by molar-refractivity contribution is 7.03. The third-order valence-corrected chi connectivity index (χ3v) is 3.36. The van der Waals surface area contributed by atoms with Gasteiger partial charge in [0.1, 0.15) is 0 Å². The average Bonchev–Trinajstić information content (AvgIpc) is 2.56. The Balaban J connectivity index is 2.02. The van der Waals surface area contributed by atoms with Crippen molar-refractivity contribution in [2.24, 2.45) is 0 Å². The van der Waals surface area contributed by atoms with Crippen LogP contribution in [-0.2, 0) is 6.42 Å². The Kier molecular flexibility index (Phi) is 3.54. The van der Waals surface area contributed by atoms with Crippen molar-refractivity contribution in [3.05, 3.63) is 22.7 Å². The summed E-state index contributed by atoms with van der Waals surface area (Å²) in [6, 6.07) is 0. The lowest BCUT2D eigenvalue weighted by Crippen LogP contribution is -1.94. The molecule has 2 rings (SSSR count). The second kappa shape index (κ2) is 4.89. The number of hydrogen-bond acceptors (Lipinski definition) is 3. The molecule has 0 saturated carbocycles. The smallest absolute Gasteiger partial charge is 0.0795 e. The Morgan fingerprint density at radius 3 is 3.21 bits per heavy atom. The second-order valence-electron chi connectivity index (χ2n) is 3.66. The summed E-state index contributed by atoms with van der Waals surface area (Å²) < 4.78 is 3.86. The van der Waals surface area contributed by atoms with Gasteiger partial charge < -0.3 is 0 Å². The van der Waals surface area contributed by atoms with E-state index in [2.05, 4.69) is 15.7 Å². The molecule has 0 aromatic carbocycles. The summed E-state index contributed by atoms with van der Waals surface area (Å²) in [5, 5.41) is 6.28. The molecule has 0 N–H and O–H groups in total. The molecule has 0 fully saturated rings. The van der Waals surface area contributed by atoms with Gasteiger partial charge in [-0.05, 0) is 30.8 Å². The molecule has 0 saturated heterocycles. The predicted octanol–water partition coefficient (Wildman–Crippen LogP) is 3.19. The highest BCUT2D eigenvalue weighted by atomic mass is 35.5. The van der Waals surface area contributed by atoms with E-state index in [0.29, 0.717) is 0 Å². The van der Waals surface area contributed by atoms with Crippen molar-refractivity contribution in [3.63, 3.8) is 0 Å². The van der Waals surface area contributed by atoms with Crippen LogP contribution in [0.15, 0.2) is 17.0 Å². The molecule has 1 aromatic heterocycles. The van der Waals surface area contributed by atoms with Crippen LogP contribution in [-0.4, -0.2) is 15.0 Å². The van der Waals surface area contributed by atoms with E-state index in [0.717, 1.165) is 18.5 Å². The van der Waals surface area contributed by atoms with E-state index in [-0.39, 0.29) is 5.38 Å². The molecule has 1 atom stereocenters. The topological polar surface area (TPSA) is 25.8 Å². The summed E-state index contributed by atoms with van der Waals surface area (Å²) in [5.41, 5.74) is 2.50. The van der Waals surface area contributed by atoms with Crippen LogP contribution < -0.4 is 0 Å². The number of halogens is 1. The third kappa shape index (κ3) is 2.79. The van der Waals surface area contributed by atoms with E-state index < -0.39 is 0 Å². The van der Waals surface area contributed by atoms with Crippen LogP contribution in [0.3, 0.4) is 0 Å². The van der Waals surface area contributed by atoms with Crippen LogP contribution in [0.1, 0.15) is 31.4 Å². The maximum absolute atomic E-state index is 6.15. The van der Waals surface area contributed by atoms with Crippen molar-refractivity contribution in [2.75, 3.05) is 0 Å². The van der Waals surface area contributed by atoms with Gasteiger partial charge in [-0.25, -0.2) is 0 Å². The normalized spacial score (nSPS) is 22.9. The van der Waals surface area contributed by atoms with Crippen molar-refractivity contribution >= 4 is 23.1 Å². The van der Waals surface area contributed by atoms with Crippen LogP contribution in [0, 0.1) is 0 Å². The first-order chi connectivity index (χ1) is 6.84. The highest BCUT2D eigenvalue weighted by Crippen LogP contribution is 2.23. The lowest BCUT2D eigenvalue weighted by molar-refractivity contribution is 0.708. The molecule has 2 nitrogen and oxygen atoms in total. The Bertz CT molecular complexity index is 308. The number of nitrogens with zero attached hydrogens (tertiary/aromatic N) is 2. The van der Waals surface area contributed by atoms with Crippen LogP contribution in [0.4, 0.5) is 0 Å². The predicted molar refractivity (Wildman–Crippen MR) is 59.8 cm³/mol. The van der Waals surface area contributed by atoms with Crippen LogP contribution in [0.5, 0.6) is 0 Å². The van der Waals surface area contributed by atoms with Gasteiger partial charge in [0.25, 0.3) is 0 Å². The van der Waals surface area contributed by atoms with Crippen LogP contribution in [0.2, 0.25) is 0 Å². The molecule has 14 heavy (non-hydrogen) atoms. The Labute approximate surface area is 93.1 Å². The van der Waals surface area contributed by atoms with Crippen molar-refractivity contribution < 1.29 is 0 Å². The van der Waals surface area contributed by atoms with Gasteiger partial charge in [-0.2, -0.15) is 0 Å². The van der Waals surface area contributed by atoms with Gasteiger partial charge in [0.15, 0.2) is 0 Å². The van der Waals surface area contributed by atoms with Crippen molar-refractivity contribution in [2.45, 2.75) is 37.5 Å². The molecule has 0 radical (unpaired) electrons. The van der Waals surface area contributed by atoms with Gasteiger partial charge in [0.2, 0.25) is 0 Å². The van der Waals surface area contributed by atoms with E-state index in [9.17, 15) is 0 Å². The number of rotatable bonds is 2. The molecule has 0 amide bonds. The fourth-order valence-corrected chi connectivity index (χ4v) is 2.54. The first-order valence-corrected chi connectivity index (χ1v) is 6.21. The summed E-state index contributed by atoms with van der Waals surface area (Å²) in [5.74, 6) is 0. The fourth-order valence-electron chi connectivity index (χ4n) is 1.75. The number of hydrogen-bond donors (Lipinski definition) is 0. The van der Waals surface area contributed by atoms with Crippen molar-refractivity contribution in [1.29, 1.82) is 0 Å². The molecular weight excluding hydrogens is 216 g/mol. The molecule has 0 bridgehead atoms. The van der Waals surface area contributed by atoms with Crippen molar-refractivity contribution in [3.8, 4) is 0 Å².